The minimum Gasteiger partial charge on any atom is -0.466 e. The fourth-order valence-electron chi connectivity index (χ4n) is 2.55. The highest BCUT2D eigenvalue weighted by molar-refractivity contribution is 9.10. The van der Waals surface area contributed by atoms with Gasteiger partial charge in [0.2, 0.25) is 5.91 Å². The first-order chi connectivity index (χ1) is 12.9. The van der Waals surface area contributed by atoms with Gasteiger partial charge in [0, 0.05) is 23.1 Å². The third-order valence-corrected chi connectivity index (χ3v) is 4.90. The number of ether oxygens (including phenoxy) is 1. The van der Waals surface area contributed by atoms with Crippen LogP contribution in [0.1, 0.15) is 36.5 Å². The van der Waals surface area contributed by atoms with Crippen LogP contribution in [0.4, 0.5) is 0 Å². The molecule has 1 aromatic rings. The van der Waals surface area contributed by atoms with E-state index in [4.69, 9.17) is 17.0 Å². The molecular formula is C18H22BrN3O4S. The van der Waals surface area contributed by atoms with E-state index in [1.54, 1.807) is 29.2 Å². The van der Waals surface area contributed by atoms with Gasteiger partial charge in [-0.3, -0.25) is 19.7 Å². The topological polar surface area (TPSA) is 87.7 Å². The first-order valence-electron chi connectivity index (χ1n) is 8.73. The Morgan fingerprint density at radius 2 is 2.07 bits per heavy atom. The Balaban J connectivity index is 2.00. The zero-order valence-electron chi connectivity index (χ0n) is 15.0. The maximum absolute atomic E-state index is 12.4. The van der Waals surface area contributed by atoms with Gasteiger partial charge in [-0.05, 0) is 42.9 Å². The van der Waals surface area contributed by atoms with E-state index in [1.807, 2.05) is 6.92 Å². The van der Waals surface area contributed by atoms with Gasteiger partial charge in [-0.2, -0.15) is 0 Å². The van der Waals surface area contributed by atoms with Crippen LogP contribution >= 0.6 is 28.1 Å². The first-order valence-corrected chi connectivity index (χ1v) is 9.93. The molecule has 1 aliphatic heterocycles. The van der Waals surface area contributed by atoms with E-state index in [2.05, 4.69) is 26.6 Å². The molecule has 0 radical (unpaired) electrons. The SMILES string of the molecule is CCCCOC(=O)CC1C(=O)NCCN1C(=S)NC(=O)c1ccc(Br)cc1. The molecule has 146 valence electrons. The Bertz CT molecular complexity index is 711. The molecule has 0 aliphatic carbocycles. The van der Waals surface area contributed by atoms with Crippen LogP contribution in [0.2, 0.25) is 0 Å². The van der Waals surface area contributed by atoms with Gasteiger partial charge in [0.15, 0.2) is 5.11 Å². The van der Waals surface area contributed by atoms with Crippen molar-refractivity contribution in [2.24, 2.45) is 0 Å². The van der Waals surface area contributed by atoms with Gasteiger partial charge in [0.1, 0.15) is 6.04 Å². The summed E-state index contributed by atoms with van der Waals surface area (Å²) in [5.41, 5.74) is 0.442. The summed E-state index contributed by atoms with van der Waals surface area (Å²) in [6, 6.07) is 6.02. The minimum absolute atomic E-state index is 0.115. The monoisotopic (exact) mass is 455 g/mol. The van der Waals surface area contributed by atoms with Crippen LogP contribution in [-0.4, -0.2) is 53.5 Å². The molecule has 2 amide bonds. The minimum atomic E-state index is -0.800. The number of nitrogens with zero attached hydrogens (tertiary/aromatic N) is 1. The van der Waals surface area contributed by atoms with Crippen LogP contribution in [0.3, 0.4) is 0 Å². The second kappa shape index (κ2) is 10.4. The van der Waals surface area contributed by atoms with Crippen LogP contribution in [0.5, 0.6) is 0 Å². The quantitative estimate of drug-likeness (QED) is 0.387. The summed E-state index contributed by atoms with van der Waals surface area (Å²) in [4.78, 5) is 38.2. The van der Waals surface area contributed by atoms with E-state index in [-0.39, 0.29) is 23.3 Å². The third-order valence-electron chi connectivity index (χ3n) is 4.04. The molecule has 1 aliphatic rings. The molecule has 0 spiro atoms. The fraction of sp³-hybridized carbons (Fsp3) is 0.444. The lowest BCUT2D eigenvalue weighted by atomic mass is 10.1. The van der Waals surface area contributed by atoms with Gasteiger partial charge in [-0.1, -0.05) is 29.3 Å². The molecule has 7 nitrogen and oxygen atoms in total. The van der Waals surface area contributed by atoms with Crippen LogP contribution in [0, 0.1) is 0 Å². The predicted molar refractivity (Wildman–Crippen MR) is 108 cm³/mol. The van der Waals surface area contributed by atoms with Crippen molar-refractivity contribution in [3.8, 4) is 0 Å². The highest BCUT2D eigenvalue weighted by Gasteiger charge is 2.34. The molecule has 0 bridgehead atoms. The molecular weight excluding hydrogens is 434 g/mol. The van der Waals surface area contributed by atoms with Crippen molar-refractivity contribution in [2.75, 3.05) is 19.7 Å². The number of esters is 1. The van der Waals surface area contributed by atoms with Gasteiger partial charge in [-0.15, -0.1) is 0 Å². The van der Waals surface area contributed by atoms with Gasteiger partial charge in [0.05, 0.1) is 13.0 Å². The summed E-state index contributed by atoms with van der Waals surface area (Å²) in [6.45, 7) is 3.11. The number of halogens is 1. The number of carbonyl (C=O) groups excluding carboxylic acids is 3. The van der Waals surface area contributed by atoms with E-state index in [9.17, 15) is 14.4 Å². The lowest BCUT2D eigenvalue weighted by Gasteiger charge is -2.36. The zero-order valence-corrected chi connectivity index (χ0v) is 17.4. The van der Waals surface area contributed by atoms with E-state index in [0.29, 0.717) is 25.3 Å². The molecule has 1 fully saturated rings. The van der Waals surface area contributed by atoms with Crippen molar-refractivity contribution in [1.29, 1.82) is 0 Å². The molecule has 0 saturated carbocycles. The summed E-state index contributed by atoms with van der Waals surface area (Å²) >= 11 is 8.63. The molecule has 2 N–H and O–H groups in total. The predicted octanol–water partition coefficient (Wildman–Crippen LogP) is 2.00. The second-order valence-corrected chi connectivity index (χ2v) is 7.35. The molecule has 1 atom stereocenters. The van der Waals surface area contributed by atoms with Crippen molar-refractivity contribution < 1.29 is 19.1 Å². The Kier molecular flexibility index (Phi) is 8.18. The maximum Gasteiger partial charge on any atom is 0.308 e. The Morgan fingerprint density at radius 3 is 2.74 bits per heavy atom. The van der Waals surface area contributed by atoms with E-state index < -0.39 is 12.0 Å². The molecule has 1 heterocycles. The molecule has 2 rings (SSSR count). The van der Waals surface area contributed by atoms with Crippen molar-refractivity contribution in [2.45, 2.75) is 32.2 Å². The lowest BCUT2D eigenvalue weighted by Crippen LogP contribution is -2.60. The highest BCUT2D eigenvalue weighted by Crippen LogP contribution is 2.13. The number of benzene rings is 1. The number of rotatable bonds is 6. The molecule has 9 heteroatoms. The summed E-state index contributed by atoms with van der Waals surface area (Å²) in [6.07, 6.45) is 1.56. The van der Waals surface area contributed by atoms with Crippen LogP contribution in [0.15, 0.2) is 28.7 Å². The van der Waals surface area contributed by atoms with Gasteiger partial charge in [-0.25, -0.2) is 0 Å². The Hall–Kier alpha value is -2.00. The Labute approximate surface area is 171 Å². The van der Waals surface area contributed by atoms with Crippen LogP contribution < -0.4 is 10.6 Å². The maximum atomic E-state index is 12.4. The third kappa shape index (κ3) is 6.28. The van der Waals surface area contributed by atoms with Crippen LogP contribution in [0.25, 0.3) is 0 Å². The first kappa shape index (κ1) is 21.3. The van der Waals surface area contributed by atoms with Gasteiger partial charge >= 0.3 is 5.97 Å². The fourth-order valence-corrected chi connectivity index (χ4v) is 3.13. The smallest absolute Gasteiger partial charge is 0.308 e. The second-order valence-electron chi connectivity index (χ2n) is 6.04. The van der Waals surface area contributed by atoms with Crippen molar-refractivity contribution in [1.82, 2.24) is 15.5 Å². The standard InChI is InChI=1S/C18H22BrN3O4S/c1-2-3-10-26-15(23)11-14-17(25)20-8-9-22(14)18(27)21-16(24)12-4-6-13(19)7-5-12/h4-7,14H,2-3,8-11H2,1H3,(H,20,25)(H,21,24,27). The zero-order chi connectivity index (χ0) is 19.8. The molecule has 1 unspecified atom stereocenters. The van der Waals surface area contributed by atoms with E-state index in [0.717, 1.165) is 17.3 Å². The number of unbranched alkanes of at least 4 members (excludes halogenated alkanes) is 1. The summed E-state index contributed by atoms with van der Waals surface area (Å²) < 4.78 is 6.00. The number of thiocarbonyl (C=S) groups is 1. The number of nitrogens with one attached hydrogen (secondary N) is 2. The van der Waals surface area contributed by atoms with Crippen molar-refractivity contribution in [3.63, 3.8) is 0 Å². The van der Waals surface area contributed by atoms with E-state index >= 15 is 0 Å². The largest absolute Gasteiger partial charge is 0.466 e. The normalized spacial score (nSPS) is 16.4. The number of amides is 2. The van der Waals surface area contributed by atoms with Gasteiger partial charge < -0.3 is 15.0 Å². The van der Waals surface area contributed by atoms with Gasteiger partial charge in [0.25, 0.3) is 5.91 Å². The number of hydrogen-bond acceptors (Lipinski definition) is 5. The average Bonchev–Trinajstić information content (AvgIpc) is 2.64. The lowest BCUT2D eigenvalue weighted by molar-refractivity contribution is -0.147. The van der Waals surface area contributed by atoms with Crippen molar-refractivity contribution in [3.05, 3.63) is 34.3 Å². The number of hydrogen-bond donors (Lipinski definition) is 2. The molecule has 0 aromatic heterocycles. The number of piperazine rings is 1. The Morgan fingerprint density at radius 1 is 1.37 bits per heavy atom. The summed E-state index contributed by atoms with van der Waals surface area (Å²) in [7, 11) is 0. The molecule has 1 aromatic carbocycles. The summed E-state index contributed by atoms with van der Waals surface area (Å²) in [5.74, 6) is -1.14. The number of carbonyl (C=O) groups is 3. The van der Waals surface area contributed by atoms with Crippen molar-refractivity contribution >= 4 is 51.0 Å². The molecule has 27 heavy (non-hydrogen) atoms. The van der Waals surface area contributed by atoms with Crippen LogP contribution in [-0.2, 0) is 14.3 Å². The molecule has 1 saturated heterocycles. The van der Waals surface area contributed by atoms with E-state index in [1.165, 1.54) is 0 Å². The highest BCUT2D eigenvalue weighted by atomic mass is 79.9. The summed E-state index contributed by atoms with van der Waals surface area (Å²) in [5, 5.41) is 5.46. The average molecular weight is 456 g/mol.